The van der Waals surface area contributed by atoms with E-state index in [0.717, 1.165) is 19.4 Å². The van der Waals surface area contributed by atoms with Crippen LogP contribution in [0.15, 0.2) is 4.52 Å². The molecule has 7 nitrogen and oxygen atoms in total. The van der Waals surface area contributed by atoms with Gasteiger partial charge in [0.05, 0.1) is 6.10 Å². The highest BCUT2D eigenvalue weighted by Gasteiger charge is 2.57. The number of carbonyl (C=O) groups excluding carboxylic acids is 1. The first kappa shape index (κ1) is 17.2. The van der Waals surface area contributed by atoms with E-state index < -0.39 is 0 Å². The van der Waals surface area contributed by atoms with Crippen molar-refractivity contribution in [2.45, 2.75) is 70.9 Å². The Morgan fingerprint density at radius 2 is 2.21 bits per heavy atom. The van der Waals surface area contributed by atoms with Crippen molar-refractivity contribution in [1.29, 1.82) is 0 Å². The van der Waals surface area contributed by atoms with Gasteiger partial charge in [0, 0.05) is 31.0 Å². The molecule has 2 N–H and O–H groups in total. The van der Waals surface area contributed by atoms with E-state index in [1.54, 1.807) is 6.92 Å². The Kier molecular flexibility index (Phi) is 5.38. The second-order valence-corrected chi connectivity index (χ2v) is 6.91. The molecule has 1 aromatic rings. The van der Waals surface area contributed by atoms with Crippen LogP contribution < -0.4 is 10.6 Å². The average molecular weight is 336 g/mol. The first-order chi connectivity index (χ1) is 11.6. The lowest BCUT2D eigenvalue weighted by Crippen LogP contribution is -2.64. The fourth-order valence-electron chi connectivity index (χ4n) is 4.18. The van der Waals surface area contributed by atoms with Crippen molar-refractivity contribution in [2.24, 2.45) is 5.41 Å². The Morgan fingerprint density at radius 3 is 2.88 bits per heavy atom. The number of urea groups is 1. The Labute approximate surface area is 142 Å². The first-order valence-corrected chi connectivity index (χ1v) is 9.09. The lowest BCUT2D eigenvalue weighted by molar-refractivity contribution is -0.126. The summed E-state index contributed by atoms with van der Waals surface area (Å²) in [6.45, 7) is 5.19. The molecule has 0 radical (unpaired) electrons. The summed E-state index contributed by atoms with van der Waals surface area (Å²) in [6, 6.07) is 0.165. The van der Waals surface area contributed by atoms with Crippen molar-refractivity contribution >= 4 is 6.03 Å². The van der Waals surface area contributed by atoms with E-state index in [9.17, 15) is 4.79 Å². The molecule has 1 heterocycles. The number of aryl methyl sites for hydroxylation is 2. The summed E-state index contributed by atoms with van der Waals surface area (Å²) in [5.41, 5.74) is 0.175. The van der Waals surface area contributed by atoms with Gasteiger partial charge in [-0.3, -0.25) is 0 Å². The summed E-state index contributed by atoms with van der Waals surface area (Å²) in [4.78, 5) is 16.3. The summed E-state index contributed by atoms with van der Waals surface area (Å²) in [5, 5.41) is 9.84. The van der Waals surface area contributed by atoms with Crippen molar-refractivity contribution in [3.8, 4) is 0 Å². The van der Waals surface area contributed by atoms with Crippen LogP contribution in [0, 0.1) is 12.3 Å². The second kappa shape index (κ2) is 7.51. The minimum Gasteiger partial charge on any atom is -0.378 e. The lowest BCUT2D eigenvalue weighted by Gasteiger charge is -2.53. The zero-order valence-corrected chi connectivity index (χ0v) is 14.6. The third-order valence-corrected chi connectivity index (χ3v) is 5.42. The van der Waals surface area contributed by atoms with Gasteiger partial charge in [-0.15, -0.1) is 0 Å². The summed E-state index contributed by atoms with van der Waals surface area (Å²) in [7, 11) is 0. The molecule has 2 atom stereocenters. The van der Waals surface area contributed by atoms with E-state index in [2.05, 4.69) is 20.8 Å². The number of ether oxygens (including phenoxy) is 1. The van der Waals surface area contributed by atoms with Gasteiger partial charge in [0.1, 0.15) is 0 Å². The van der Waals surface area contributed by atoms with Gasteiger partial charge in [-0.1, -0.05) is 18.0 Å². The minimum atomic E-state index is -0.0806. The number of nitrogens with zero attached hydrogens (tertiary/aromatic N) is 2. The molecule has 0 unspecified atom stereocenters. The molecule has 2 aliphatic carbocycles. The van der Waals surface area contributed by atoms with Crippen LogP contribution in [0.25, 0.3) is 0 Å². The van der Waals surface area contributed by atoms with Crippen LogP contribution in [0.4, 0.5) is 4.79 Å². The Bertz CT molecular complexity index is 554. The Balaban J connectivity index is 1.39. The van der Waals surface area contributed by atoms with Crippen molar-refractivity contribution in [2.75, 3.05) is 13.2 Å². The molecule has 2 amide bonds. The predicted molar refractivity (Wildman–Crippen MR) is 88.6 cm³/mol. The van der Waals surface area contributed by atoms with E-state index in [1.165, 1.54) is 25.7 Å². The van der Waals surface area contributed by atoms with Crippen molar-refractivity contribution in [3.05, 3.63) is 11.7 Å². The van der Waals surface area contributed by atoms with Gasteiger partial charge in [0.2, 0.25) is 5.89 Å². The Hall–Kier alpha value is -1.63. The predicted octanol–water partition coefficient (Wildman–Crippen LogP) is 2.35. The average Bonchev–Trinajstić information content (AvgIpc) is 3.21. The molecule has 1 aromatic heterocycles. The molecular formula is C17H28N4O3. The molecule has 24 heavy (non-hydrogen) atoms. The number of hydrogen-bond donors (Lipinski definition) is 2. The maximum absolute atomic E-state index is 12.2. The number of hydrogen-bond acceptors (Lipinski definition) is 5. The topological polar surface area (TPSA) is 89.3 Å². The maximum atomic E-state index is 12.2. The lowest BCUT2D eigenvalue weighted by atomic mass is 9.60. The van der Waals surface area contributed by atoms with E-state index in [4.69, 9.17) is 9.26 Å². The van der Waals surface area contributed by atoms with Crippen LogP contribution in [0.3, 0.4) is 0 Å². The number of aromatic nitrogens is 2. The molecule has 0 aromatic carbocycles. The van der Waals surface area contributed by atoms with Crippen LogP contribution in [0.2, 0.25) is 0 Å². The van der Waals surface area contributed by atoms with Gasteiger partial charge < -0.3 is 19.9 Å². The fraction of sp³-hybridized carbons (Fsp3) is 0.824. The number of rotatable bonds is 7. The molecule has 0 aliphatic heterocycles. The number of carbonyl (C=O) groups is 1. The van der Waals surface area contributed by atoms with Crippen molar-refractivity contribution < 1.29 is 14.1 Å². The number of amides is 2. The van der Waals surface area contributed by atoms with Gasteiger partial charge in [0.15, 0.2) is 5.82 Å². The van der Waals surface area contributed by atoms with Crippen LogP contribution in [-0.2, 0) is 11.2 Å². The molecule has 2 fully saturated rings. The highest BCUT2D eigenvalue weighted by atomic mass is 16.5. The third kappa shape index (κ3) is 3.55. The SMILES string of the molecule is CCO[C@@H]1C[C@@H](NC(=O)NCCCc2nc(C)no2)C12CCCC2. The maximum Gasteiger partial charge on any atom is 0.315 e. The van der Waals surface area contributed by atoms with Crippen LogP contribution in [0.5, 0.6) is 0 Å². The molecule has 2 saturated carbocycles. The van der Waals surface area contributed by atoms with E-state index in [1.807, 2.05) is 6.92 Å². The minimum absolute atomic E-state index is 0.0806. The smallest absolute Gasteiger partial charge is 0.315 e. The molecule has 2 aliphatic rings. The molecule has 1 spiro atoms. The zero-order chi connectivity index (χ0) is 17.0. The summed E-state index contributed by atoms with van der Waals surface area (Å²) < 4.78 is 10.9. The van der Waals surface area contributed by atoms with E-state index in [-0.39, 0.29) is 17.5 Å². The van der Waals surface area contributed by atoms with Crippen LogP contribution in [-0.4, -0.2) is 41.5 Å². The second-order valence-electron chi connectivity index (χ2n) is 6.91. The first-order valence-electron chi connectivity index (χ1n) is 9.09. The molecule has 134 valence electrons. The van der Waals surface area contributed by atoms with Gasteiger partial charge in [-0.25, -0.2) is 4.79 Å². The third-order valence-electron chi connectivity index (χ3n) is 5.42. The monoisotopic (exact) mass is 336 g/mol. The molecule has 0 bridgehead atoms. The standard InChI is InChI=1S/C17H28N4O3/c1-3-23-14-11-13(17(14)8-4-5-9-17)20-16(22)18-10-6-7-15-19-12(2)21-24-15/h13-14H,3-11H2,1-2H3,(H2,18,20,22)/t13-,14-/m1/s1. The fourth-order valence-corrected chi connectivity index (χ4v) is 4.18. The van der Waals surface area contributed by atoms with Crippen molar-refractivity contribution in [3.63, 3.8) is 0 Å². The normalized spacial score (nSPS) is 24.8. The van der Waals surface area contributed by atoms with Crippen molar-refractivity contribution in [1.82, 2.24) is 20.8 Å². The highest BCUT2D eigenvalue weighted by molar-refractivity contribution is 5.74. The summed E-state index contributed by atoms with van der Waals surface area (Å²) in [5.74, 6) is 1.27. The Morgan fingerprint density at radius 1 is 1.42 bits per heavy atom. The largest absolute Gasteiger partial charge is 0.378 e. The van der Waals surface area contributed by atoms with Gasteiger partial charge in [-0.2, -0.15) is 4.98 Å². The highest BCUT2D eigenvalue weighted by Crippen LogP contribution is 2.54. The molecule has 3 rings (SSSR count). The molecular weight excluding hydrogens is 308 g/mol. The molecule has 7 heteroatoms. The van der Waals surface area contributed by atoms with Gasteiger partial charge in [0.25, 0.3) is 0 Å². The van der Waals surface area contributed by atoms with E-state index in [0.29, 0.717) is 30.8 Å². The van der Waals surface area contributed by atoms with E-state index >= 15 is 0 Å². The van der Waals surface area contributed by atoms with Gasteiger partial charge in [-0.05, 0) is 39.5 Å². The van der Waals surface area contributed by atoms with Crippen LogP contribution in [0.1, 0.15) is 57.2 Å². The quantitative estimate of drug-likeness (QED) is 0.746. The summed E-state index contributed by atoms with van der Waals surface area (Å²) in [6.07, 6.45) is 7.53. The number of nitrogens with one attached hydrogen (secondary N) is 2. The zero-order valence-electron chi connectivity index (χ0n) is 14.6. The summed E-state index contributed by atoms with van der Waals surface area (Å²) >= 11 is 0. The van der Waals surface area contributed by atoms with Crippen LogP contribution >= 0.6 is 0 Å². The van der Waals surface area contributed by atoms with Gasteiger partial charge >= 0.3 is 6.03 Å². The molecule has 0 saturated heterocycles.